The summed E-state index contributed by atoms with van der Waals surface area (Å²) in [6, 6.07) is -3.11. The Morgan fingerprint density at radius 2 is 0.374 bits per heavy atom. The molecule has 1 rings (SSSR count). The fourth-order valence-electron chi connectivity index (χ4n) is 6.04. The van der Waals surface area contributed by atoms with Crippen molar-refractivity contribution in [2.75, 3.05) is 17.3 Å². The molecule has 0 saturated carbocycles. The van der Waals surface area contributed by atoms with E-state index in [0.717, 1.165) is 0 Å². The first-order chi connectivity index (χ1) is 42.1. The molecule has 1 aromatic rings. The predicted molar refractivity (Wildman–Crippen MR) is 206 cm³/mol. The fourth-order valence-corrected chi connectivity index (χ4v) is 9.02. The second-order valence-corrected chi connectivity index (χ2v) is 23.9. The molecule has 0 unspecified atom stereocenters. The van der Waals surface area contributed by atoms with E-state index in [-0.39, 0.29) is 0 Å². The average molecular weight is 1660 g/mol. The molecule has 63 heteroatoms. The molecule has 0 bridgehead atoms. The molecule has 0 aromatic heterocycles. The van der Waals surface area contributed by atoms with Crippen molar-refractivity contribution in [3.63, 3.8) is 0 Å². The van der Waals surface area contributed by atoms with Crippen LogP contribution < -0.4 is 12.5 Å². The van der Waals surface area contributed by atoms with Crippen LogP contribution in [0.3, 0.4) is 0 Å². The zero-order valence-electron chi connectivity index (χ0n) is 43.6. The Bertz CT molecular complexity index is 3410. The highest BCUT2D eigenvalue weighted by molar-refractivity contribution is 7.87. The third kappa shape index (κ3) is 14.2. The zero-order chi connectivity index (χ0) is 80.7. The van der Waals surface area contributed by atoms with Gasteiger partial charge in [-0.3, -0.25) is 0 Å². The van der Waals surface area contributed by atoms with Crippen molar-refractivity contribution in [1.82, 2.24) is 0 Å². The van der Waals surface area contributed by atoms with Crippen LogP contribution in [0.2, 0.25) is 0 Å². The van der Waals surface area contributed by atoms with Crippen molar-refractivity contribution in [1.29, 1.82) is 0 Å². The first-order valence-electron chi connectivity index (χ1n) is 22.2. The lowest BCUT2D eigenvalue weighted by Crippen LogP contribution is -2.74. The maximum Gasteiger partial charge on any atom is 0.460 e. The molecule has 0 spiro atoms. The number of hydrogen-bond acceptors (Lipinski definition) is 9. The molecule has 0 atom stereocenters. The molecule has 0 heterocycles. The first kappa shape index (κ1) is 91.9. The molecule has 588 valence electrons. The van der Waals surface area contributed by atoms with Crippen molar-refractivity contribution in [3.05, 3.63) is 18.2 Å². The van der Waals surface area contributed by atoms with Gasteiger partial charge in [0.2, 0.25) is 0 Å². The van der Waals surface area contributed by atoms with Crippen LogP contribution in [0.4, 0.5) is 224 Å². The summed E-state index contributed by atoms with van der Waals surface area (Å²) in [5.41, 5.74) is 0. The third-order valence-electron chi connectivity index (χ3n) is 11.9. The normalized spacial score (nSPS) is 16.5. The van der Waals surface area contributed by atoms with E-state index >= 15 is 0 Å². The van der Waals surface area contributed by atoms with Gasteiger partial charge in [0.1, 0.15) is 5.75 Å². The minimum absolute atomic E-state index is 0.840. The van der Waals surface area contributed by atoms with Gasteiger partial charge in [-0.2, -0.15) is 249 Å². The zero-order valence-corrected chi connectivity index (χ0v) is 46.1. The maximum atomic E-state index is 14.6. The molecule has 1 aromatic carbocycles. The van der Waals surface area contributed by atoms with Crippen LogP contribution in [0.5, 0.6) is 17.2 Å². The van der Waals surface area contributed by atoms with Crippen LogP contribution in [0.25, 0.3) is 0 Å². The molecule has 99 heavy (non-hydrogen) atoms. The van der Waals surface area contributed by atoms with Crippen molar-refractivity contribution in [3.8, 4) is 17.2 Å². The van der Waals surface area contributed by atoms with Gasteiger partial charge in [-0.25, -0.2) is 0 Å². The van der Waals surface area contributed by atoms with E-state index in [0.29, 0.717) is 0 Å². The Labute approximate surface area is 507 Å². The van der Waals surface area contributed by atoms with Crippen molar-refractivity contribution in [2.45, 2.75) is 162 Å². The molecule has 0 radical (unpaired) electrons. The third-order valence-corrected chi connectivity index (χ3v) is 15.4. The van der Waals surface area contributed by atoms with E-state index in [2.05, 4.69) is 12.5 Å². The largest absolute Gasteiger partial charge is 0.460 e. The van der Waals surface area contributed by atoms with Gasteiger partial charge in [0.05, 0.1) is 17.3 Å². The Kier molecular flexibility index (Phi) is 23.0. The molecular weight excluding hydrogens is 1640 g/mol. The van der Waals surface area contributed by atoms with Crippen LogP contribution in [0.1, 0.15) is 19.3 Å². The minimum Gasteiger partial charge on any atom is -0.382 e. The quantitative estimate of drug-likeness (QED) is 0.0499. The predicted octanol–water partition coefficient (Wildman–Crippen LogP) is 17.0. The summed E-state index contributed by atoms with van der Waals surface area (Å²) >= 11 is 0. The first-order valence-corrected chi connectivity index (χ1v) is 26.9. The minimum atomic E-state index is -9.46. The standard InChI is InChI=1S/C36H15F51O9S3/c37-13(38,16(43,44)19(49,50)22(55,56)25(61,62)28(67,68)31(73,74)34(79,80)81)3-6-97(88,89)94-10-1-2-11(95-98(90,91)7-4-14(39,40)17(45,46)20(51,52)23(57,58)26(63,64)29(69,70)32(75,76)35(82,83)84)12(9-10)96-99(92,93)8-5-15(41,42)18(47,48)21(53,54)24(59,60)27(65,66)30(71,72)33(77,78)36(85,86)87/h1-2,9H,3-8H2. The van der Waals surface area contributed by atoms with Crippen molar-refractivity contribution < 1.29 is 262 Å². The molecule has 0 aliphatic rings. The topological polar surface area (TPSA) is 130 Å². The van der Waals surface area contributed by atoms with E-state index in [1.807, 2.05) is 0 Å². The molecule has 0 N–H and O–H groups in total. The SMILES string of the molecule is O=S(=O)(CCC(F)(F)C(F)(F)C(F)(F)C(F)(F)C(F)(F)C(F)(F)C(F)(F)C(F)(F)F)Oc1ccc(OS(=O)(=O)CCC(F)(F)C(F)(F)C(F)(F)C(F)(F)C(F)(F)C(F)(F)C(F)(F)C(F)(F)F)c(OS(=O)(=O)CCC(F)(F)C(F)(F)C(F)(F)C(F)(F)C(F)(F)C(F)(F)C(F)(F)C(F)(F)F)c1. The van der Waals surface area contributed by atoms with Gasteiger partial charge >= 0.3 is 173 Å². The molecule has 9 nitrogen and oxygen atoms in total. The van der Waals surface area contributed by atoms with Crippen LogP contribution in [-0.2, 0) is 30.4 Å². The monoisotopic (exact) mass is 1660 g/mol. The lowest BCUT2D eigenvalue weighted by Gasteiger charge is -2.42. The van der Waals surface area contributed by atoms with E-state index in [1.165, 1.54) is 0 Å². The van der Waals surface area contributed by atoms with E-state index < -0.39 is 245 Å². The summed E-state index contributed by atoms with van der Waals surface area (Å²) < 4.78 is 783. The summed E-state index contributed by atoms with van der Waals surface area (Å²) in [5, 5.41) is 0. The highest BCUT2D eigenvalue weighted by Crippen LogP contribution is 2.68. The number of benzene rings is 1. The molecule has 0 aliphatic heterocycles. The second kappa shape index (κ2) is 24.8. The van der Waals surface area contributed by atoms with Crippen molar-refractivity contribution in [2.24, 2.45) is 0 Å². The van der Waals surface area contributed by atoms with Gasteiger partial charge in [0.15, 0.2) is 11.5 Å². The molecule has 0 fully saturated rings. The van der Waals surface area contributed by atoms with Crippen LogP contribution >= 0.6 is 0 Å². The fraction of sp³-hybridized carbons (Fsp3) is 0.833. The second-order valence-electron chi connectivity index (χ2n) is 18.8. The van der Waals surface area contributed by atoms with Crippen molar-refractivity contribution >= 4 is 30.4 Å². The van der Waals surface area contributed by atoms with Gasteiger partial charge in [-0.05, 0) is 12.1 Å². The molecule has 0 saturated heterocycles. The Hall–Kier alpha value is -5.10. The highest BCUT2D eigenvalue weighted by Gasteiger charge is 2.98. The highest BCUT2D eigenvalue weighted by atomic mass is 32.2. The van der Waals surface area contributed by atoms with Gasteiger partial charge in [0.25, 0.3) is 0 Å². The van der Waals surface area contributed by atoms with Crippen LogP contribution in [-0.4, -0.2) is 185 Å². The number of alkyl halides is 51. The summed E-state index contributed by atoms with van der Waals surface area (Å²) in [7, 11) is -21.7. The number of halogens is 51. The summed E-state index contributed by atoms with van der Waals surface area (Å²) in [6.45, 7) is 0. The Morgan fingerprint density at radius 3 is 0.566 bits per heavy atom. The lowest BCUT2D eigenvalue weighted by atomic mass is 9.88. The molecule has 0 amide bonds. The summed E-state index contributed by atoms with van der Waals surface area (Å²) in [4.78, 5) is 0. The van der Waals surface area contributed by atoms with Gasteiger partial charge < -0.3 is 12.5 Å². The molecule has 0 aliphatic carbocycles. The Balaban J connectivity index is 4.20. The van der Waals surface area contributed by atoms with Crippen LogP contribution in [0, 0.1) is 0 Å². The average Bonchev–Trinajstić information content (AvgIpc) is 0.707. The number of hydrogen-bond donors (Lipinski definition) is 0. The summed E-state index contributed by atoms with van der Waals surface area (Å²) in [5.74, 6) is -208. The summed E-state index contributed by atoms with van der Waals surface area (Å²) in [6.07, 6.45) is -37.6. The van der Waals surface area contributed by atoms with E-state index in [4.69, 9.17) is 0 Å². The Morgan fingerprint density at radius 1 is 0.212 bits per heavy atom. The molecular formula is C36H15F51O9S3. The van der Waals surface area contributed by atoms with Crippen LogP contribution in [0.15, 0.2) is 18.2 Å². The number of rotatable bonds is 33. The van der Waals surface area contributed by atoms with Gasteiger partial charge in [-0.1, -0.05) is 0 Å². The lowest BCUT2D eigenvalue weighted by molar-refractivity contribution is -0.461. The van der Waals surface area contributed by atoms with E-state index in [1.54, 1.807) is 0 Å². The van der Waals surface area contributed by atoms with Gasteiger partial charge in [-0.15, -0.1) is 0 Å². The maximum absolute atomic E-state index is 14.6. The van der Waals surface area contributed by atoms with Gasteiger partial charge in [0, 0.05) is 25.3 Å². The smallest absolute Gasteiger partial charge is 0.382 e. The van der Waals surface area contributed by atoms with E-state index in [9.17, 15) is 249 Å².